The number of benzene rings is 5. The van der Waals surface area contributed by atoms with Crippen molar-refractivity contribution in [1.82, 2.24) is 5.32 Å². The largest absolute Gasteiger partial charge is 0.325 e. The first-order valence-electron chi connectivity index (χ1n) is 14.1. The fraction of sp³-hybridized carbons (Fsp3) is 0.0278. The Labute approximate surface area is 296 Å². The molecule has 5 aromatic carbocycles. The molecule has 0 spiro atoms. The van der Waals surface area contributed by atoms with E-state index in [4.69, 9.17) is 46.4 Å². The van der Waals surface area contributed by atoms with Crippen LogP contribution in [-0.2, 0) is 9.59 Å². The van der Waals surface area contributed by atoms with Crippen LogP contribution in [0.4, 0.5) is 11.4 Å². The Morgan fingerprint density at radius 1 is 0.617 bits per heavy atom. The lowest BCUT2D eigenvalue weighted by Gasteiger charge is -2.18. The summed E-state index contributed by atoms with van der Waals surface area (Å²) in [6, 6.07) is 34.7. The van der Waals surface area contributed by atoms with Gasteiger partial charge in [0.05, 0.1) is 10.0 Å². The van der Waals surface area contributed by atoms with Gasteiger partial charge >= 0.3 is 0 Å². The summed E-state index contributed by atoms with van der Waals surface area (Å²) in [4.78, 5) is 41.0. The van der Waals surface area contributed by atoms with Crippen molar-refractivity contribution in [2.45, 2.75) is 10.1 Å². The van der Waals surface area contributed by atoms with Crippen LogP contribution in [0, 0.1) is 0 Å². The molecule has 0 aliphatic carbocycles. The maximum atomic E-state index is 13.7. The molecule has 0 heterocycles. The summed E-state index contributed by atoms with van der Waals surface area (Å²) in [6.45, 7) is 0. The molecule has 0 aliphatic heterocycles. The zero-order valence-electron chi connectivity index (χ0n) is 24.3. The number of amides is 3. The van der Waals surface area contributed by atoms with Crippen LogP contribution in [0.1, 0.15) is 26.7 Å². The van der Waals surface area contributed by atoms with Gasteiger partial charge in [0.2, 0.25) is 5.91 Å². The average Bonchev–Trinajstić information content (AvgIpc) is 3.07. The van der Waals surface area contributed by atoms with Crippen LogP contribution >= 0.6 is 58.2 Å². The first kappa shape index (κ1) is 34.1. The molecular weight excluding hydrogens is 696 g/mol. The van der Waals surface area contributed by atoms with E-state index in [0.29, 0.717) is 47.5 Å². The van der Waals surface area contributed by atoms with Gasteiger partial charge < -0.3 is 16.0 Å². The SMILES string of the molecule is O=C(Nc1cccc(SC(C(=O)Nc2ccc(Cl)c(Cl)c2)c2ccccc2)c1)/C(=C\c1c(Cl)cccc1Cl)NC(=O)c1ccccc1. The minimum absolute atomic E-state index is 0.0740. The van der Waals surface area contributed by atoms with Crippen LogP contribution in [0.25, 0.3) is 6.08 Å². The second kappa shape index (κ2) is 16.0. The maximum Gasteiger partial charge on any atom is 0.272 e. The van der Waals surface area contributed by atoms with E-state index in [0.717, 1.165) is 5.56 Å². The number of carbonyl (C=O) groups is 3. The standard InChI is InChI=1S/C36H25Cl4N3O3S/c37-28-15-8-16-29(38)27(28)21-32(43-34(44)23-11-5-2-6-12-23)35(45)41-24-13-7-14-26(19-24)47-33(22-9-3-1-4-10-22)36(46)42-25-17-18-30(39)31(40)20-25/h1-21,33H,(H,41,45)(H,42,46)(H,43,44)/b32-21+. The number of halogens is 4. The van der Waals surface area contributed by atoms with E-state index in [9.17, 15) is 14.4 Å². The molecule has 5 aromatic rings. The molecule has 0 fully saturated rings. The Bertz CT molecular complexity index is 1940. The third kappa shape index (κ3) is 9.19. The van der Waals surface area contributed by atoms with E-state index in [1.807, 2.05) is 36.4 Å². The summed E-state index contributed by atoms with van der Waals surface area (Å²) in [5.41, 5.74) is 2.37. The number of thioether (sulfide) groups is 1. The average molecular weight is 721 g/mol. The highest BCUT2D eigenvalue weighted by atomic mass is 35.5. The van der Waals surface area contributed by atoms with Gasteiger partial charge in [0, 0.05) is 37.4 Å². The lowest BCUT2D eigenvalue weighted by atomic mass is 10.1. The van der Waals surface area contributed by atoms with Crippen LogP contribution in [0.2, 0.25) is 20.1 Å². The smallest absolute Gasteiger partial charge is 0.272 e. The summed E-state index contributed by atoms with van der Waals surface area (Å²) in [6.07, 6.45) is 1.43. The molecule has 0 radical (unpaired) electrons. The van der Waals surface area contributed by atoms with Crippen molar-refractivity contribution in [3.05, 3.63) is 164 Å². The molecule has 0 saturated heterocycles. The summed E-state index contributed by atoms with van der Waals surface area (Å²) < 4.78 is 0. The Morgan fingerprint density at radius 3 is 1.94 bits per heavy atom. The molecular formula is C36H25Cl4N3O3S. The van der Waals surface area contributed by atoms with E-state index >= 15 is 0 Å². The second-order valence-corrected chi connectivity index (χ2v) is 12.8. The molecule has 3 N–H and O–H groups in total. The highest BCUT2D eigenvalue weighted by Gasteiger charge is 2.23. The van der Waals surface area contributed by atoms with Gasteiger partial charge in [-0.2, -0.15) is 0 Å². The lowest BCUT2D eigenvalue weighted by molar-refractivity contribution is -0.116. The zero-order chi connectivity index (χ0) is 33.3. The molecule has 5 rings (SSSR count). The minimum atomic E-state index is -0.653. The van der Waals surface area contributed by atoms with Gasteiger partial charge in [0.1, 0.15) is 10.9 Å². The van der Waals surface area contributed by atoms with Crippen molar-refractivity contribution in [3.8, 4) is 0 Å². The van der Waals surface area contributed by atoms with Crippen molar-refractivity contribution in [2.24, 2.45) is 0 Å². The number of hydrogen-bond acceptors (Lipinski definition) is 4. The Hall–Kier alpha value is -4.24. The van der Waals surface area contributed by atoms with Crippen LogP contribution in [-0.4, -0.2) is 17.7 Å². The monoisotopic (exact) mass is 719 g/mol. The number of anilines is 2. The van der Waals surface area contributed by atoms with Gasteiger partial charge in [-0.15, -0.1) is 11.8 Å². The molecule has 47 heavy (non-hydrogen) atoms. The Balaban J connectivity index is 1.40. The van der Waals surface area contributed by atoms with E-state index in [-0.39, 0.29) is 11.6 Å². The quantitative estimate of drug-likeness (QED) is 0.0990. The highest BCUT2D eigenvalue weighted by molar-refractivity contribution is 8.00. The molecule has 236 valence electrons. The number of hydrogen-bond donors (Lipinski definition) is 3. The van der Waals surface area contributed by atoms with Gasteiger partial charge in [0.15, 0.2) is 0 Å². The molecule has 0 bridgehead atoms. The summed E-state index contributed by atoms with van der Waals surface area (Å²) in [5.74, 6) is -1.37. The second-order valence-electron chi connectivity index (χ2n) is 10.0. The first-order chi connectivity index (χ1) is 22.7. The van der Waals surface area contributed by atoms with Crippen molar-refractivity contribution < 1.29 is 14.4 Å². The third-order valence-electron chi connectivity index (χ3n) is 6.69. The predicted molar refractivity (Wildman–Crippen MR) is 194 cm³/mol. The highest BCUT2D eigenvalue weighted by Crippen LogP contribution is 2.38. The normalized spacial score (nSPS) is 11.8. The topological polar surface area (TPSA) is 87.3 Å². The van der Waals surface area contributed by atoms with E-state index in [2.05, 4.69) is 16.0 Å². The van der Waals surface area contributed by atoms with Gasteiger partial charge in [-0.1, -0.05) is 107 Å². The van der Waals surface area contributed by atoms with Gasteiger partial charge in [-0.25, -0.2) is 0 Å². The van der Waals surface area contributed by atoms with Gasteiger partial charge in [-0.3, -0.25) is 14.4 Å². The number of carbonyl (C=O) groups excluding carboxylic acids is 3. The molecule has 0 aliphatic rings. The van der Waals surface area contributed by atoms with Gasteiger partial charge in [-0.05, 0) is 72.3 Å². The Morgan fingerprint density at radius 2 is 1.26 bits per heavy atom. The first-order valence-corrected chi connectivity index (χ1v) is 16.5. The third-order valence-corrected chi connectivity index (χ3v) is 9.34. The summed E-state index contributed by atoms with van der Waals surface area (Å²) >= 11 is 26.3. The maximum absolute atomic E-state index is 13.7. The molecule has 0 saturated carbocycles. The molecule has 3 amide bonds. The molecule has 1 atom stereocenters. The van der Waals surface area contributed by atoms with Gasteiger partial charge in [0.25, 0.3) is 11.8 Å². The zero-order valence-corrected chi connectivity index (χ0v) is 28.2. The van der Waals surface area contributed by atoms with Crippen molar-refractivity contribution in [1.29, 1.82) is 0 Å². The fourth-order valence-corrected chi connectivity index (χ4v) is 6.29. The minimum Gasteiger partial charge on any atom is -0.325 e. The molecule has 1 unspecified atom stereocenters. The van der Waals surface area contributed by atoms with Crippen LogP contribution < -0.4 is 16.0 Å². The molecule has 6 nitrogen and oxygen atoms in total. The summed E-state index contributed by atoms with van der Waals surface area (Å²) in [5, 5.41) is 9.10. The van der Waals surface area contributed by atoms with Crippen molar-refractivity contribution in [2.75, 3.05) is 10.6 Å². The van der Waals surface area contributed by atoms with Crippen molar-refractivity contribution >= 4 is 93.3 Å². The predicted octanol–water partition coefficient (Wildman–Crippen LogP) is 10.2. The lowest BCUT2D eigenvalue weighted by Crippen LogP contribution is -2.30. The summed E-state index contributed by atoms with van der Waals surface area (Å²) in [7, 11) is 0. The van der Waals surface area contributed by atoms with E-state index in [1.165, 1.54) is 17.8 Å². The van der Waals surface area contributed by atoms with E-state index in [1.54, 1.807) is 84.9 Å². The molecule has 11 heteroatoms. The van der Waals surface area contributed by atoms with Crippen LogP contribution in [0.3, 0.4) is 0 Å². The van der Waals surface area contributed by atoms with Crippen LogP contribution in [0.5, 0.6) is 0 Å². The van der Waals surface area contributed by atoms with E-state index < -0.39 is 17.1 Å². The number of nitrogens with one attached hydrogen (secondary N) is 3. The Kier molecular flexibility index (Phi) is 11.6. The van der Waals surface area contributed by atoms with Crippen LogP contribution in [0.15, 0.2) is 132 Å². The molecule has 0 aromatic heterocycles. The fourth-order valence-electron chi connectivity index (χ4n) is 4.40. The van der Waals surface area contributed by atoms with Crippen molar-refractivity contribution in [3.63, 3.8) is 0 Å². The number of rotatable bonds is 10.